The van der Waals surface area contributed by atoms with Crippen molar-refractivity contribution in [3.05, 3.63) is 63.7 Å². The Morgan fingerprint density at radius 1 is 1.24 bits per heavy atom. The molecule has 0 aromatic heterocycles. The molecule has 1 heterocycles. The molecule has 0 amide bonds. The molecule has 0 aliphatic carbocycles. The van der Waals surface area contributed by atoms with Gasteiger partial charge in [0.2, 0.25) is 0 Å². The van der Waals surface area contributed by atoms with Crippen molar-refractivity contribution in [1.29, 1.82) is 0 Å². The first-order chi connectivity index (χ1) is 12.1. The van der Waals surface area contributed by atoms with Crippen molar-refractivity contribution in [2.24, 2.45) is 0 Å². The fourth-order valence-corrected chi connectivity index (χ4v) is 3.49. The fraction of sp³-hybridized carbons (Fsp3) is 0.400. The van der Waals surface area contributed by atoms with Crippen molar-refractivity contribution in [2.45, 2.75) is 45.7 Å². The van der Waals surface area contributed by atoms with Crippen LogP contribution in [0.1, 0.15) is 37.3 Å². The maximum Gasteiger partial charge on any atom is 0.292 e. The molecular formula is C20H25N3O2. The van der Waals surface area contributed by atoms with E-state index in [0.29, 0.717) is 12.6 Å². The summed E-state index contributed by atoms with van der Waals surface area (Å²) >= 11 is 0. The molecule has 0 unspecified atom stereocenters. The van der Waals surface area contributed by atoms with Gasteiger partial charge in [-0.05, 0) is 56.4 Å². The van der Waals surface area contributed by atoms with Gasteiger partial charge < -0.3 is 10.2 Å². The zero-order chi connectivity index (χ0) is 17.8. The molecule has 1 aliphatic heterocycles. The molecule has 1 fully saturated rings. The lowest BCUT2D eigenvalue weighted by Gasteiger charge is -2.35. The molecule has 2 aromatic rings. The summed E-state index contributed by atoms with van der Waals surface area (Å²) in [5.74, 6) is 0. The fourth-order valence-electron chi connectivity index (χ4n) is 3.49. The van der Waals surface area contributed by atoms with Crippen molar-refractivity contribution < 1.29 is 4.92 Å². The Kier molecular flexibility index (Phi) is 5.22. The molecule has 3 rings (SSSR count). The Balaban J connectivity index is 1.81. The summed E-state index contributed by atoms with van der Waals surface area (Å²) in [7, 11) is 0. The lowest BCUT2D eigenvalue weighted by molar-refractivity contribution is -0.384. The van der Waals surface area contributed by atoms with E-state index in [1.165, 1.54) is 6.42 Å². The zero-order valence-electron chi connectivity index (χ0n) is 14.9. The molecule has 1 aliphatic rings. The van der Waals surface area contributed by atoms with E-state index in [2.05, 4.69) is 17.1 Å². The van der Waals surface area contributed by atoms with Gasteiger partial charge in [-0.25, -0.2) is 0 Å². The average Bonchev–Trinajstić information content (AvgIpc) is 2.61. The summed E-state index contributed by atoms with van der Waals surface area (Å²) in [6.45, 7) is 5.66. The van der Waals surface area contributed by atoms with E-state index < -0.39 is 0 Å². The van der Waals surface area contributed by atoms with Crippen LogP contribution in [0.5, 0.6) is 0 Å². The van der Waals surface area contributed by atoms with Gasteiger partial charge in [0.15, 0.2) is 0 Å². The topological polar surface area (TPSA) is 58.4 Å². The van der Waals surface area contributed by atoms with Crippen molar-refractivity contribution in [3.8, 4) is 0 Å². The second-order valence-electron chi connectivity index (χ2n) is 6.79. The van der Waals surface area contributed by atoms with Gasteiger partial charge in [-0.2, -0.15) is 0 Å². The van der Waals surface area contributed by atoms with Crippen molar-refractivity contribution >= 4 is 17.1 Å². The molecule has 0 saturated carbocycles. The summed E-state index contributed by atoms with van der Waals surface area (Å²) in [6, 6.07) is 14.0. The standard InChI is InChI=1S/C20H25N3O2/c1-15-7-3-4-9-18(15)21-14-17-10-11-19(20(13-17)23(24)25)22-12-6-5-8-16(22)2/h3-4,7,9-11,13,16,21H,5-6,8,12,14H2,1-2H3/t16-/m1/s1. The lowest BCUT2D eigenvalue weighted by Crippen LogP contribution is -2.37. The first-order valence-electron chi connectivity index (χ1n) is 8.89. The summed E-state index contributed by atoms with van der Waals surface area (Å²) in [6.07, 6.45) is 3.38. The maximum atomic E-state index is 11.6. The molecule has 0 bridgehead atoms. The summed E-state index contributed by atoms with van der Waals surface area (Å²) < 4.78 is 0. The summed E-state index contributed by atoms with van der Waals surface area (Å²) in [5.41, 5.74) is 4.09. The third-order valence-electron chi connectivity index (χ3n) is 4.98. The molecule has 0 spiro atoms. The number of hydrogen-bond acceptors (Lipinski definition) is 4. The van der Waals surface area contributed by atoms with E-state index in [1.54, 1.807) is 6.07 Å². The number of benzene rings is 2. The number of hydrogen-bond donors (Lipinski definition) is 1. The smallest absolute Gasteiger partial charge is 0.292 e. The highest BCUT2D eigenvalue weighted by Gasteiger charge is 2.25. The van der Waals surface area contributed by atoms with E-state index in [4.69, 9.17) is 0 Å². The highest BCUT2D eigenvalue weighted by Crippen LogP contribution is 2.33. The SMILES string of the molecule is Cc1ccccc1NCc1ccc(N2CCCC[C@H]2C)c([N+](=O)[O-])c1. The molecule has 5 nitrogen and oxygen atoms in total. The molecule has 2 aromatic carbocycles. The molecule has 1 N–H and O–H groups in total. The Hall–Kier alpha value is -2.56. The van der Waals surface area contributed by atoms with Crippen LogP contribution in [0.2, 0.25) is 0 Å². The number of nitro benzene ring substituents is 1. The highest BCUT2D eigenvalue weighted by molar-refractivity contribution is 5.65. The molecule has 0 radical (unpaired) electrons. The van der Waals surface area contributed by atoms with Crippen molar-refractivity contribution in [3.63, 3.8) is 0 Å². The van der Waals surface area contributed by atoms with Crippen LogP contribution in [-0.2, 0) is 6.54 Å². The Morgan fingerprint density at radius 3 is 2.76 bits per heavy atom. The van der Waals surface area contributed by atoms with Gasteiger partial charge in [-0.3, -0.25) is 10.1 Å². The Bertz CT molecular complexity index is 760. The first-order valence-corrected chi connectivity index (χ1v) is 8.89. The third-order valence-corrected chi connectivity index (χ3v) is 4.98. The number of rotatable bonds is 5. The monoisotopic (exact) mass is 339 g/mol. The minimum absolute atomic E-state index is 0.206. The third kappa shape index (κ3) is 3.92. The van der Waals surface area contributed by atoms with Crippen molar-refractivity contribution in [2.75, 3.05) is 16.8 Å². The van der Waals surface area contributed by atoms with Gasteiger partial charge in [0, 0.05) is 30.9 Å². The van der Waals surface area contributed by atoms with Crippen LogP contribution < -0.4 is 10.2 Å². The van der Waals surface area contributed by atoms with Gasteiger partial charge in [-0.1, -0.05) is 24.3 Å². The van der Waals surface area contributed by atoms with Crippen LogP contribution in [0.25, 0.3) is 0 Å². The molecule has 132 valence electrons. The number of anilines is 2. The second-order valence-corrected chi connectivity index (χ2v) is 6.79. The second kappa shape index (κ2) is 7.55. The number of nitrogens with one attached hydrogen (secondary N) is 1. The van der Waals surface area contributed by atoms with Crippen LogP contribution in [0.3, 0.4) is 0 Å². The lowest BCUT2D eigenvalue weighted by atomic mass is 10.0. The molecule has 1 atom stereocenters. The minimum Gasteiger partial charge on any atom is -0.381 e. The Morgan fingerprint density at radius 2 is 2.04 bits per heavy atom. The summed E-state index contributed by atoms with van der Waals surface area (Å²) in [5, 5.41) is 15.0. The van der Waals surface area contributed by atoms with Gasteiger partial charge in [-0.15, -0.1) is 0 Å². The van der Waals surface area contributed by atoms with Crippen LogP contribution in [0.4, 0.5) is 17.1 Å². The minimum atomic E-state index is -0.256. The van der Waals surface area contributed by atoms with Gasteiger partial charge >= 0.3 is 0 Å². The molecule has 1 saturated heterocycles. The van der Waals surface area contributed by atoms with Crippen LogP contribution >= 0.6 is 0 Å². The number of aryl methyl sites for hydroxylation is 1. The van der Waals surface area contributed by atoms with Crippen LogP contribution in [-0.4, -0.2) is 17.5 Å². The predicted octanol–water partition coefficient (Wildman–Crippen LogP) is 4.89. The van der Waals surface area contributed by atoms with Crippen LogP contribution in [0.15, 0.2) is 42.5 Å². The molecular weight excluding hydrogens is 314 g/mol. The average molecular weight is 339 g/mol. The van der Waals surface area contributed by atoms with Gasteiger partial charge in [0.25, 0.3) is 5.69 Å². The molecule has 5 heteroatoms. The summed E-state index contributed by atoms with van der Waals surface area (Å²) in [4.78, 5) is 13.5. The predicted molar refractivity (Wildman–Crippen MR) is 102 cm³/mol. The number of nitro groups is 1. The van der Waals surface area contributed by atoms with E-state index >= 15 is 0 Å². The highest BCUT2D eigenvalue weighted by atomic mass is 16.6. The maximum absolute atomic E-state index is 11.6. The quantitative estimate of drug-likeness (QED) is 0.622. The molecule has 25 heavy (non-hydrogen) atoms. The largest absolute Gasteiger partial charge is 0.381 e. The van der Waals surface area contributed by atoms with Gasteiger partial charge in [0.1, 0.15) is 5.69 Å². The number of nitrogens with zero attached hydrogens (tertiary/aromatic N) is 2. The van der Waals surface area contributed by atoms with Crippen LogP contribution in [0, 0.1) is 17.0 Å². The normalized spacial score (nSPS) is 17.4. The zero-order valence-corrected chi connectivity index (χ0v) is 14.9. The van der Waals surface area contributed by atoms with Gasteiger partial charge in [0.05, 0.1) is 4.92 Å². The van der Waals surface area contributed by atoms with E-state index in [0.717, 1.165) is 41.9 Å². The van der Waals surface area contributed by atoms with E-state index in [9.17, 15) is 10.1 Å². The number of para-hydroxylation sites is 1. The Labute approximate surface area is 148 Å². The number of piperidine rings is 1. The van der Waals surface area contributed by atoms with Crippen molar-refractivity contribution in [1.82, 2.24) is 0 Å². The first kappa shape index (κ1) is 17.3. The van der Waals surface area contributed by atoms with E-state index in [-0.39, 0.29) is 10.6 Å². The van der Waals surface area contributed by atoms with E-state index in [1.807, 2.05) is 43.3 Å².